The first kappa shape index (κ1) is 23.6. The topological polar surface area (TPSA) is 79.9 Å². The van der Waals surface area contributed by atoms with E-state index >= 15 is 0 Å². The smallest absolute Gasteiger partial charge is 0.407 e. The highest BCUT2D eigenvalue weighted by atomic mass is 127. The predicted molar refractivity (Wildman–Crippen MR) is 113 cm³/mol. The molecule has 24 heavy (non-hydrogen) atoms. The summed E-state index contributed by atoms with van der Waals surface area (Å²) in [4.78, 5) is 18.6. The van der Waals surface area contributed by atoms with Crippen LogP contribution in [0, 0.1) is 0 Å². The first-order chi connectivity index (χ1) is 10.8. The number of nitrogens with zero attached hydrogens (tertiary/aromatic N) is 2. The number of hydrogen-bond acceptors (Lipinski definition) is 4. The molecule has 1 fully saturated rings. The van der Waals surface area contributed by atoms with Crippen LogP contribution in [0.2, 0.25) is 0 Å². The monoisotopic (exact) mass is 472 g/mol. The van der Waals surface area contributed by atoms with Gasteiger partial charge in [-0.3, -0.25) is 0 Å². The molecule has 8 heteroatoms. The lowest BCUT2D eigenvalue weighted by Crippen LogP contribution is -2.44. The number of carbonyl (C=O) groups is 1. The highest BCUT2D eigenvalue weighted by Gasteiger charge is 2.18. The summed E-state index contributed by atoms with van der Waals surface area (Å²) in [5.74, 6) is 2.77. The first-order valence-corrected chi connectivity index (χ1v) is 9.60. The maximum Gasteiger partial charge on any atom is 0.407 e. The van der Waals surface area contributed by atoms with Crippen molar-refractivity contribution in [1.29, 1.82) is 0 Å². The van der Waals surface area contributed by atoms with Gasteiger partial charge >= 0.3 is 6.09 Å². The third kappa shape index (κ3) is 10.5. The zero-order chi connectivity index (χ0) is 17.3. The van der Waals surface area contributed by atoms with Gasteiger partial charge in [0.15, 0.2) is 5.96 Å². The number of thioether (sulfide) groups is 1. The number of amides is 1. The Morgan fingerprint density at radius 2 is 2.00 bits per heavy atom. The van der Waals surface area contributed by atoms with Gasteiger partial charge in [-0.25, -0.2) is 9.79 Å². The van der Waals surface area contributed by atoms with Gasteiger partial charge in [-0.05, 0) is 27.2 Å². The van der Waals surface area contributed by atoms with Crippen molar-refractivity contribution in [2.24, 2.45) is 10.7 Å². The van der Waals surface area contributed by atoms with Crippen molar-refractivity contribution in [2.45, 2.75) is 58.6 Å². The Morgan fingerprint density at radius 1 is 1.38 bits per heavy atom. The number of halogens is 1. The van der Waals surface area contributed by atoms with Gasteiger partial charge in [-0.15, -0.1) is 24.0 Å². The molecule has 1 amide bonds. The Bertz CT molecular complexity index is 396. The van der Waals surface area contributed by atoms with Crippen LogP contribution >= 0.6 is 35.7 Å². The highest BCUT2D eigenvalue weighted by molar-refractivity contribution is 14.0. The number of hydrogen-bond donors (Lipinski definition) is 2. The van der Waals surface area contributed by atoms with Gasteiger partial charge in [0.1, 0.15) is 5.60 Å². The molecule has 1 atom stereocenters. The van der Waals surface area contributed by atoms with Crippen molar-refractivity contribution in [3.8, 4) is 0 Å². The SMILES string of the molecule is CCCCC(CNC(=O)OC(C)(C)C)N=C(N)N1CCSCC1.I. The highest BCUT2D eigenvalue weighted by Crippen LogP contribution is 2.11. The van der Waals surface area contributed by atoms with Gasteiger partial charge in [-0.1, -0.05) is 19.8 Å². The molecule has 1 unspecified atom stereocenters. The summed E-state index contributed by atoms with van der Waals surface area (Å²) in [6.07, 6.45) is 2.67. The summed E-state index contributed by atoms with van der Waals surface area (Å²) in [6, 6.07) is -0.00273. The Kier molecular flexibility index (Phi) is 11.9. The molecule has 0 aromatic carbocycles. The molecule has 6 nitrogen and oxygen atoms in total. The van der Waals surface area contributed by atoms with Gasteiger partial charge in [-0.2, -0.15) is 11.8 Å². The van der Waals surface area contributed by atoms with Crippen molar-refractivity contribution in [1.82, 2.24) is 10.2 Å². The molecule has 0 saturated carbocycles. The zero-order valence-electron chi connectivity index (χ0n) is 15.3. The van der Waals surface area contributed by atoms with Crippen molar-refractivity contribution in [3.63, 3.8) is 0 Å². The molecule has 1 rings (SSSR count). The third-order valence-electron chi connectivity index (χ3n) is 3.42. The van der Waals surface area contributed by atoms with Gasteiger partial charge in [0.2, 0.25) is 0 Å². The van der Waals surface area contributed by atoms with E-state index in [0.717, 1.165) is 43.9 Å². The minimum absolute atomic E-state index is 0. The molecule has 1 aliphatic rings. The minimum Gasteiger partial charge on any atom is -0.444 e. The largest absolute Gasteiger partial charge is 0.444 e. The van der Waals surface area contributed by atoms with Crippen molar-refractivity contribution in [2.75, 3.05) is 31.1 Å². The number of nitrogens with two attached hydrogens (primary N) is 1. The molecule has 142 valence electrons. The molecule has 1 saturated heterocycles. The number of guanidine groups is 1. The van der Waals surface area contributed by atoms with E-state index in [1.165, 1.54) is 0 Å². The zero-order valence-corrected chi connectivity index (χ0v) is 18.5. The molecule has 0 spiro atoms. The number of rotatable bonds is 6. The second-order valence-electron chi connectivity index (χ2n) is 6.77. The van der Waals surface area contributed by atoms with Crippen LogP contribution in [-0.2, 0) is 4.74 Å². The second-order valence-corrected chi connectivity index (χ2v) is 7.99. The number of nitrogens with one attached hydrogen (secondary N) is 1. The molecule has 0 aliphatic carbocycles. The van der Waals surface area contributed by atoms with Crippen LogP contribution in [0.5, 0.6) is 0 Å². The summed E-state index contributed by atoms with van der Waals surface area (Å²) >= 11 is 1.94. The summed E-state index contributed by atoms with van der Waals surface area (Å²) in [5, 5.41) is 2.81. The van der Waals surface area contributed by atoms with Crippen LogP contribution < -0.4 is 11.1 Å². The Morgan fingerprint density at radius 3 is 2.54 bits per heavy atom. The van der Waals surface area contributed by atoms with Crippen LogP contribution in [0.25, 0.3) is 0 Å². The summed E-state index contributed by atoms with van der Waals surface area (Å²) in [7, 11) is 0. The average molecular weight is 472 g/mol. The maximum absolute atomic E-state index is 11.8. The van der Waals surface area contributed by atoms with Crippen molar-refractivity contribution >= 4 is 47.8 Å². The number of unbranched alkanes of at least 4 members (excludes halogenated alkanes) is 1. The van der Waals surface area contributed by atoms with E-state index in [9.17, 15) is 4.79 Å². The minimum atomic E-state index is -0.489. The molecule has 3 N–H and O–H groups in total. The first-order valence-electron chi connectivity index (χ1n) is 8.44. The molecular weight excluding hydrogens is 439 g/mol. The van der Waals surface area contributed by atoms with E-state index in [-0.39, 0.29) is 30.0 Å². The Hall–Kier alpha value is -0.380. The fourth-order valence-corrected chi connectivity index (χ4v) is 3.13. The number of alkyl carbamates (subject to hydrolysis) is 1. The van der Waals surface area contributed by atoms with Crippen molar-refractivity contribution < 1.29 is 9.53 Å². The molecular formula is C16H33IN4O2S. The Balaban J connectivity index is 0.00000529. The fraction of sp³-hybridized carbons (Fsp3) is 0.875. The standard InChI is InChI=1S/C16H32N4O2S.HI/c1-5-6-7-13(12-18-15(21)22-16(2,3)4)19-14(17)20-8-10-23-11-9-20;/h13H,5-12H2,1-4H3,(H2,17,19)(H,18,21);1H. The van der Waals surface area contributed by atoms with E-state index in [4.69, 9.17) is 10.5 Å². The number of ether oxygens (including phenoxy) is 1. The van der Waals surface area contributed by atoms with Crippen molar-refractivity contribution in [3.05, 3.63) is 0 Å². The number of carbonyl (C=O) groups excluding carboxylic acids is 1. The fourth-order valence-electron chi connectivity index (χ4n) is 2.23. The van der Waals surface area contributed by atoms with Crippen LogP contribution in [0.4, 0.5) is 4.79 Å². The van der Waals surface area contributed by atoms with E-state index in [0.29, 0.717) is 12.5 Å². The number of aliphatic imine (C=N–C) groups is 1. The lowest BCUT2D eigenvalue weighted by molar-refractivity contribution is 0.0524. The quantitative estimate of drug-likeness (QED) is 0.353. The second kappa shape index (κ2) is 12.1. The van der Waals surface area contributed by atoms with Gasteiger partial charge in [0.25, 0.3) is 0 Å². The molecule has 1 heterocycles. The lowest BCUT2D eigenvalue weighted by Gasteiger charge is -2.28. The van der Waals surface area contributed by atoms with Gasteiger partial charge in [0, 0.05) is 31.1 Å². The van der Waals surface area contributed by atoms with Crippen LogP contribution in [-0.4, -0.2) is 59.7 Å². The van der Waals surface area contributed by atoms with E-state index in [2.05, 4.69) is 22.1 Å². The summed E-state index contributed by atoms with van der Waals surface area (Å²) in [6.45, 7) is 10.1. The van der Waals surface area contributed by atoms with Crippen LogP contribution in [0.3, 0.4) is 0 Å². The predicted octanol–water partition coefficient (Wildman–Crippen LogP) is 3.05. The van der Waals surface area contributed by atoms with E-state index < -0.39 is 11.7 Å². The summed E-state index contributed by atoms with van der Waals surface area (Å²) in [5.41, 5.74) is 5.66. The average Bonchev–Trinajstić information content (AvgIpc) is 2.49. The van der Waals surface area contributed by atoms with E-state index in [1.807, 2.05) is 32.5 Å². The normalized spacial score (nSPS) is 17.0. The van der Waals surface area contributed by atoms with Gasteiger partial charge < -0.3 is 20.7 Å². The maximum atomic E-state index is 11.8. The third-order valence-corrected chi connectivity index (χ3v) is 4.36. The van der Waals surface area contributed by atoms with Gasteiger partial charge in [0.05, 0.1) is 6.04 Å². The molecule has 0 aromatic rings. The lowest BCUT2D eigenvalue weighted by atomic mass is 10.1. The molecule has 1 aliphatic heterocycles. The van der Waals surface area contributed by atoms with Crippen LogP contribution in [0.15, 0.2) is 4.99 Å². The summed E-state index contributed by atoms with van der Waals surface area (Å²) < 4.78 is 5.27. The molecule has 0 bridgehead atoms. The molecule has 0 radical (unpaired) electrons. The molecule has 0 aromatic heterocycles. The Labute approximate surface area is 167 Å². The van der Waals surface area contributed by atoms with E-state index in [1.54, 1.807) is 0 Å². The van der Waals surface area contributed by atoms with Crippen LogP contribution in [0.1, 0.15) is 47.0 Å².